The number of hydrogen-bond acceptors (Lipinski definition) is 5. The van der Waals surface area contributed by atoms with Gasteiger partial charge in [0.05, 0.1) is 17.0 Å². The molecule has 8 heteroatoms. The van der Waals surface area contributed by atoms with E-state index in [-0.39, 0.29) is 16.8 Å². The lowest BCUT2D eigenvalue weighted by Gasteiger charge is -2.19. The number of thioether (sulfide) groups is 1. The van der Waals surface area contributed by atoms with E-state index in [9.17, 15) is 14.4 Å². The van der Waals surface area contributed by atoms with Crippen molar-refractivity contribution in [3.8, 4) is 6.07 Å². The monoisotopic (exact) mass is 378 g/mol. The molecule has 2 N–H and O–H groups in total. The van der Waals surface area contributed by atoms with E-state index in [0.717, 1.165) is 11.8 Å². The van der Waals surface area contributed by atoms with E-state index in [1.54, 1.807) is 54.6 Å². The second-order valence-corrected chi connectivity index (χ2v) is 6.55. The number of aliphatic imine (C=N–C) groups is 1. The smallest absolute Gasteiger partial charge is 0.265 e. The molecule has 7 nitrogen and oxygen atoms in total. The zero-order chi connectivity index (χ0) is 19.2. The van der Waals surface area contributed by atoms with Gasteiger partial charge in [0.2, 0.25) is 11.8 Å². The van der Waals surface area contributed by atoms with Crippen molar-refractivity contribution >= 4 is 40.3 Å². The standard InChI is InChI=1S/C19H14N4O3S/c20-10-13-8-4-5-9-14(13)21-15(24)11-27-19-22-17(25)16(18(26)23-19)12-6-2-1-3-7-12/h1-9,16H,11H2,(H,21,24)(H,22,23,25,26). The van der Waals surface area contributed by atoms with Gasteiger partial charge in [-0.05, 0) is 17.7 Å². The van der Waals surface area contributed by atoms with Gasteiger partial charge in [-0.3, -0.25) is 14.4 Å². The van der Waals surface area contributed by atoms with Crippen molar-refractivity contribution in [2.24, 2.45) is 4.99 Å². The van der Waals surface area contributed by atoms with Crippen LogP contribution in [0, 0.1) is 11.3 Å². The van der Waals surface area contributed by atoms with E-state index in [2.05, 4.69) is 15.6 Å². The maximum Gasteiger partial charge on any atom is 0.265 e. The first-order chi connectivity index (χ1) is 13.1. The van der Waals surface area contributed by atoms with E-state index < -0.39 is 17.7 Å². The molecule has 27 heavy (non-hydrogen) atoms. The molecule has 0 radical (unpaired) electrons. The number of benzene rings is 2. The van der Waals surface area contributed by atoms with Gasteiger partial charge in [-0.25, -0.2) is 0 Å². The van der Waals surface area contributed by atoms with Crippen LogP contribution in [0.2, 0.25) is 0 Å². The minimum absolute atomic E-state index is 0.0673. The summed E-state index contributed by atoms with van der Waals surface area (Å²) >= 11 is 0.945. The molecule has 1 aliphatic heterocycles. The van der Waals surface area contributed by atoms with Gasteiger partial charge in [0.15, 0.2) is 5.17 Å². The molecule has 0 fully saturated rings. The van der Waals surface area contributed by atoms with Crippen LogP contribution in [0.4, 0.5) is 5.69 Å². The normalized spacial score (nSPS) is 16.1. The van der Waals surface area contributed by atoms with Crippen LogP contribution >= 0.6 is 11.8 Å². The van der Waals surface area contributed by atoms with Gasteiger partial charge in [0.1, 0.15) is 12.0 Å². The Morgan fingerprint density at radius 1 is 1.15 bits per heavy atom. The Morgan fingerprint density at radius 2 is 1.85 bits per heavy atom. The van der Waals surface area contributed by atoms with E-state index in [1.165, 1.54) is 0 Å². The third-order valence-corrected chi connectivity index (χ3v) is 4.62. The van der Waals surface area contributed by atoms with Crippen LogP contribution in [-0.2, 0) is 14.4 Å². The SMILES string of the molecule is N#Cc1ccccc1NC(=O)CSC1=NC(=O)[C@H](c2ccccc2)C(=O)N1. The summed E-state index contributed by atoms with van der Waals surface area (Å²) in [5, 5.41) is 14.3. The highest BCUT2D eigenvalue weighted by atomic mass is 32.2. The third-order valence-electron chi connectivity index (χ3n) is 3.75. The topological polar surface area (TPSA) is 111 Å². The average Bonchev–Trinajstić information content (AvgIpc) is 2.67. The molecular weight excluding hydrogens is 364 g/mol. The fourth-order valence-electron chi connectivity index (χ4n) is 2.50. The largest absolute Gasteiger partial charge is 0.324 e. The molecule has 0 saturated carbocycles. The number of carbonyl (C=O) groups excluding carboxylic acids is 3. The molecule has 134 valence electrons. The predicted octanol–water partition coefficient (Wildman–Crippen LogP) is 2.03. The molecule has 0 bridgehead atoms. The van der Waals surface area contributed by atoms with Crippen molar-refractivity contribution in [3.05, 3.63) is 65.7 Å². The zero-order valence-electron chi connectivity index (χ0n) is 14.0. The number of para-hydroxylation sites is 1. The lowest BCUT2D eigenvalue weighted by atomic mass is 9.97. The van der Waals surface area contributed by atoms with Gasteiger partial charge in [0.25, 0.3) is 5.91 Å². The molecule has 3 amide bonds. The molecule has 0 aliphatic carbocycles. The summed E-state index contributed by atoms with van der Waals surface area (Å²) in [5.41, 5.74) is 1.32. The molecule has 3 rings (SSSR count). The molecule has 0 unspecified atom stereocenters. The second-order valence-electron chi connectivity index (χ2n) is 5.58. The van der Waals surface area contributed by atoms with E-state index >= 15 is 0 Å². The van der Waals surface area contributed by atoms with Crippen molar-refractivity contribution in [1.29, 1.82) is 5.26 Å². The first-order valence-electron chi connectivity index (χ1n) is 7.98. The zero-order valence-corrected chi connectivity index (χ0v) is 14.8. The molecule has 0 spiro atoms. The van der Waals surface area contributed by atoms with Gasteiger partial charge in [-0.1, -0.05) is 54.2 Å². The Labute approximate surface area is 159 Å². The lowest BCUT2D eigenvalue weighted by molar-refractivity contribution is -0.129. The van der Waals surface area contributed by atoms with E-state index in [0.29, 0.717) is 16.8 Å². The fraction of sp³-hybridized carbons (Fsp3) is 0.105. The Kier molecular flexibility index (Phi) is 5.64. The van der Waals surface area contributed by atoms with Crippen molar-refractivity contribution in [3.63, 3.8) is 0 Å². The molecule has 1 heterocycles. The van der Waals surface area contributed by atoms with E-state index in [4.69, 9.17) is 5.26 Å². The quantitative estimate of drug-likeness (QED) is 0.791. The summed E-state index contributed by atoms with van der Waals surface area (Å²) < 4.78 is 0. The molecule has 1 aliphatic rings. The second kappa shape index (κ2) is 8.29. The van der Waals surface area contributed by atoms with Gasteiger partial charge < -0.3 is 10.6 Å². The molecule has 0 saturated heterocycles. The van der Waals surface area contributed by atoms with Crippen LogP contribution in [-0.4, -0.2) is 28.6 Å². The Morgan fingerprint density at radius 3 is 2.56 bits per heavy atom. The minimum atomic E-state index is -0.980. The van der Waals surface area contributed by atoms with Crippen molar-refractivity contribution in [1.82, 2.24) is 5.32 Å². The molecule has 0 aromatic heterocycles. The Hall–Kier alpha value is -3.44. The van der Waals surface area contributed by atoms with Crippen LogP contribution < -0.4 is 10.6 Å². The van der Waals surface area contributed by atoms with Gasteiger partial charge in [0, 0.05) is 0 Å². The van der Waals surface area contributed by atoms with Gasteiger partial charge in [-0.15, -0.1) is 0 Å². The summed E-state index contributed by atoms with van der Waals surface area (Å²) in [4.78, 5) is 40.5. The molecule has 2 aromatic rings. The minimum Gasteiger partial charge on any atom is -0.324 e. The summed E-state index contributed by atoms with van der Waals surface area (Å²) in [7, 11) is 0. The van der Waals surface area contributed by atoms with Gasteiger partial charge >= 0.3 is 0 Å². The van der Waals surface area contributed by atoms with Crippen molar-refractivity contribution < 1.29 is 14.4 Å². The number of rotatable bonds is 4. The fourth-order valence-corrected chi connectivity index (χ4v) is 3.17. The highest BCUT2D eigenvalue weighted by molar-refractivity contribution is 8.14. The maximum atomic E-state index is 12.3. The number of amides is 3. The van der Waals surface area contributed by atoms with Crippen LogP contribution in [0.3, 0.4) is 0 Å². The molecular formula is C19H14N4O3S. The lowest BCUT2D eigenvalue weighted by Crippen LogP contribution is -2.41. The van der Waals surface area contributed by atoms with Crippen LogP contribution in [0.15, 0.2) is 59.6 Å². The van der Waals surface area contributed by atoms with Crippen LogP contribution in [0.5, 0.6) is 0 Å². The number of carbonyl (C=O) groups is 3. The average molecular weight is 378 g/mol. The summed E-state index contributed by atoms with van der Waals surface area (Å²) in [6.45, 7) is 0. The number of anilines is 1. The van der Waals surface area contributed by atoms with E-state index in [1.807, 2.05) is 6.07 Å². The Balaban J connectivity index is 1.62. The highest BCUT2D eigenvalue weighted by Crippen LogP contribution is 2.22. The number of nitriles is 1. The Bertz CT molecular complexity index is 966. The van der Waals surface area contributed by atoms with Crippen LogP contribution in [0.25, 0.3) is 0 Å². The number of amidine groups is 1. The predicted molar refractivity (Wildman–Crippen MR) is 102 cm³/mol. The highest BCUT2D eigenvalue weighted by Gasteiger charge is 2.33. The van der Waals surface area contributed by atoms with Crippen molar-refractivity contribution in [2.45, 2.75) is 5.92 Å². The number of nitrogens with zero attached hydrogens (tertiary/aromatic N) is 2. The first kappa shape index (κ1) is 18.4. The maximum absolute atomic E-state index is 12.3. The summed E-state index contributed by atoms with van der Waals surface area (Å²) in [5.74, 6) is -2.46. The molecule has 1 atom stereocenters. The van der Waals surface area contributed by atoms with Crippen molar-refractivity contribution in [2.75, 3.05) is 11.1 Å². The van der Waals surface area contributed by atoms with Crippen LogP contribution in [0.1, 0.15) is 17.0 Å². The third kappa shape index (κ3) is 4.40. The first-order valence-corrected chi connectivity index (χ1v) is 8.97. The summed E-state index contributed by atoms with van der Waals surface area (Å²) in [6, 6.07) is 17.3. The number of hydrogen-bond donors (Lipinski definition) is 2. The summed E-state index contributed by atoms with van der Waals surface area (Å²) in [6.07, 6.45) is 0. The number of nitrogens with one attached hydrogen (secondary N) is 2. The molecule has 2 aromatic carbocycles. The van der Waals surface area contributed by atoms with Gasteiger partial charge in [-0.2, -0.15) is 10.3 Å².